The van der Waals surface area contributed by atoms with Crippen LogP contribution in [0.1, 0.15) is 34.5 Å². The van der Waals surface area contributed by atoms with Gasteiger partial charge in [0.25, 0.3) is 5.91 Å². The fraction of sp³-hybridized carbons (Fsp3) is 0.250. The van der Waals surface area contributed by atoms with Gasteiger partial charge in [-0.1, -0.05) is 48.5 Å². The Morgan fingerprint density at radius 3 is 2.36 bits per heavy atom. The molecule has 3 aromatic rings. The first-order valence-electron chi connectivity index (χ1n) is 10.6. The molecule has 1 aliphatic rings. The number of rotatable bonds is 8. The van der Waals surface area contributed by atoms with Gasteiger partial charge in [-0.15, -0.1) is 0 Å². The predicted molar refractivity (Wildman–Crippen MR) is 120 cm³/mol. The first-order valence-corrected chi connectivity index (χ1v) is 10.6. The van der Waals surface area contributed by atoms with Gasteiger partial charge in [0.15, 0.2) is 0 Å². The summed E-state index contributed by atoms with van der Waals surface area (Å²) in [4.78, 5) is 39.1. The summed E-state index contributed by atoms with van der Waals surface area (Å²) in [5.41, 5.74) is 4.73. The highest BCUT2D eigenvalue weighted by atomic mass is 16.5. The first kappa shape index (κ1) is 22.1. The van der Waals surface area contributed by atoms with E-state index >= 15 is 0 Å². The molecular weight excluding hydrogens is 424 g/mol. The lowest BCUT2D eigenvalue weighted by Crippen LogP contribution is -2.38. The number of hydrogen-bond donors (Lipinski definition) is 3. The number of carbonyl (C=O) groups is 3. The highest BCUT2D eigenvalue weighted by Gasteiger charge is 2.29. The van der Waals surface area contributed by atoms with Crippen molar-refractivity contribution in [2.75, 3.05) is 13.2 Å². The molecule has 33 heavy (non-hydrogen) atoms. The van der Waals surface area contributed by atoms with Gasteiger partial charge in [-0.05, 0) is 29.2 Å². The predicted octanol–water partition coefficient (Wildman–Crippen LogP) is 2.62. The molecule has 170 valence electrons. The molecule has 0 bridgehead atoms. The fourth-order valence-electron chi connectivity index (χ4n) is 3.87. The summed E-state index contributed by atoms with van der Waals surface area (Å²) in [7, 11) is 0. The van der Waals surface area contributed by atoms with E-state index in [1.807, 2.05) is 24.3 Å². The van der Waals surface area contributed by atoms with Gasteiger partial charge in [0.2, 0.25) is 0 Å². The van der Waals surface area contributed by atoms with Gasteiger partial charge >= 0.3 is 12.1 Å². The molecule has 1 aromatic heterocycles. The minimum atomic E-state index is -1.13. The summed E-state index contributed by atoms with van der Waals surface area (Å²) < 4.78 is 7.12. The Morgan fingerprint density at radius 2 is 1.73 bits per heavy atom. The van der Waals surface area contributed by atoms with E-state index in [-0.39, 0.29) is 24.8 Å². The Labute approximate surface area is 190 Å². The lowest BCUT2D eigenvalue weighted by molar-refractivity contribution is -0.138. The van der Waals surface area contributed by atoms with Crippen LogP contribution in [0.4, 0.5) is 4.79 Å². The molecule has 0 fully saturated rings. The van der Waals surface area contributed by atoms with Crippen molar-refractivity contribution in [3.8, 4) is 11.1 Å². The van der Waals surface area contributed by atoms with Crippen molar-refractivity contribution < 1.29 is 24.2 Å². The normalized spacial score (nSPS) is 13.0. The summed E-state index contributed by atoms with van der Waals surface area (Å²) in [5.74, 6) is -1.71. The van der Waals surface area contributed by atoms with Crippen LogP contribution in [0.25, 0.3) is 11.1 Å². The molecule has 2 amide bonds. The highest BCUT2D eigenvalue weighted by Crippen LogP contribution is 2.44. The van der Waals surface area contributed by atoms with E-state index in [2.05, 4.69) is 39.9 Å². The van der Waals surface area contributed by atoms with Gasteiger partial charge in [-0.3, -0.25) is 9.59 Å². The number of alkyl carbamates (subject to hydrolysis) is 1. The minimum Gasteiger partial charge on any atom is -0.480 e. The van der Waals surface area contributed by atoms with Crippen molar-refractivity contribution in [2.45, 2.75) is 25.4 Å². The molecule has 3 N–H and O–H groups in total. The molecule has 0 spiro atoms. The van der Waals surface area contributed by atoms with Crippen LogP contribution in [0.15, 0.2) is 61.1 Å². The largest absolute Gasteiger partial charge is 0.480 e. The number of imidazole rings is 1. The molecule has 9 heteroatoms. The van der Waals surface area contributed by atoms with Crippen molar-refractivity contribution >= 4 is 18.0 Å². The number of nitrogens with zero attached hydrogens (tertiary/aromatic N) is 2. The highest BCUT2D eigenvalue weighted by molar-refractivity contribution is 5.94. The number of fused-ring (bicyclic) bond motifs is 3. The monoisotopic (exact) mass is 448 g/mol. The zero-order chi connectivity index (χ0) is 23.4. The van der Waals surface area contributed by atoms with Crippen molar-refractivity contribution in [1.29, 1.82) is 0 Å². The van der Waals surface area contributed by atoms with Crippen LogP contribution in [-0.4, -0.2) is 51.8 Å². The van der Waals surface area contributed by atoms with E-state index in [0.29, 0.717) is 6.54 Å². The number of ether oxygens (including phenoxy) is 1. The Hall–Kier alpha value is -4.14. The van der Waals surface area contributed by atoms with Crippen LogP contribution in [0.5, 0.6) is 0 Å². The second kappa shape index (κ2) is 9.56. The minimum absolute atomic E-state index is 0.00827. The standard InChI is InChI=1S/C24H24N4O5/c1-15(23(30)31)27-22(29)21-12-28(14-26-21)11-10-25-24(32)33-13-20-18-8-4-2-6-16(18)17-7-3-5-9-19(17)20/h2-9,12,14-15,20H,10-11,13H2,1H3,(H,25,32)(H,27,29)(H,30,31)/t15-/m1/s1. The summed E-state index contributed by atoms with van der Waals surface area (Å²) >= 11 is 0. The van der Waals surface area contributed by atoms with Crippen molar-refractivity contribution in [3.63, 3.8) is 0 Å². The number of hydrogen-bond acceptors (Lipinski definition) is 5. The van der Waals surface area contributed by atoms with Crippen LogP contribution < -0.4 is 10.6 Å². The molecule has 2 aromatic carbocycles. The number of carboxylic acids is 1. The number of aliphatic carboxylic acids is 1. The van der Waals surface area contributed by atoms with E-state index in [1.165, 1.54) is 30.6 Å². The zero-order valence-electron chi connectivity index (χ0n) is 18.0. The summed E-state index contributed by atoms with van der Waals surface area (Å²) in [6.45, 7) is 2.26. The van der Waals surface area contributed by atoms with Crippen LogP contribution in [0, 0.1) is 0 Å². The maximum atomic E-state index is 12.2. The third kappa shape index (κ3) is 4.87. The van der Waals surface area contributed by atoms with Crippen LogP contribution in [0.3, 0.4) is 0 Å². The fourth-order valence-corrected chi connectivity index (χ4v) is 3.87. The molecule has 9 nitrogen and oxygen atoms in total. The molecule has 0 unspecified atom stereocenters. The SMILES string of the molecule is C[C@@H](NC(=O)c1cn(CCNC(=O)OCC2c3ccccc3-c3ccccc32)cn1)C(=O)O. The average Bonchev–Trinajstić information content (AvgIpc) is 3.41. The average molecular weight is 448 g/mol. The molecule has 0 aliphatic heterocycles. The molecular formula is C24H24N4O5. The lowest BCUT2D eigenvalue weighted by Gasteiger charge is -2.14. The second-order valence-electron chi connectivity index (χ2n) is 7.78. The maximum Gasteiger partial charge on any atom is 0.407 e. The number of carboxylic acid groups (broad SMARTS) is 1. The second-order valence-corrected chi connectivity index (χ2v) is 7.78. The number of amides is 2. The van der Waals surface area contributed by atoms with Crippen molar-refractivity contribution in [1.82, 2.24) is 20.2 Å². The number of carbonyl (C=O) groups excluding carboxylic acids is 2. The Balaban J connectivity index is 1.26. The molecule has 1 aliphatic carbocycles. The van der Waals surface area contributed by atoms with Gasteiger partial charge in [0, 0.05) is 25.2 Å². The lowest BCUT2D eigenvalue weighted by atomic mass is 9.98. The first-order chi connectivity index (χ1) is 15.9. The van der Waals surface area contributed by atoms with E-state index in [4.69, 9.17) is 9.84 Å². The Morgan fingerprint density at radius 1 is 1.09 bits per heavy atom. The summed E-state index contributed by atoms with van der Waals surface area (Å²) in [6, 6.07) is 15.2. The van der Waals surface area contributed by atoms with E-state index in [0.717, 1.165) is 11.1 Å². The third-order valence-corrected chi connectivity index (χ3v) is 5.57. The van der Waals surface area contributed by atoms with Crippen molar-refractivity contribution in [2.24, 2.45) is 0 Å². The zero-order valence-corrected chi connectivity index (χ0v) is 18.0. The van der Waals surface area contributed by atoms with Gasteiger partial charge < -0.3 is 25.0 Å². The number of nitrogens with one attached hydrogen (secondary N) is 2. The summed E-state index contributed by atoms with van der Waals surface area (Å²) in [5, 5.41) is 13.9. The number of aromatic nitrogens is 2. The Kier molecular flexibility index (Phi) is 6.39. The Bertz CT molecular complexity index is 1140. The maximum absolute atomic E-state index is 12.2. The van der Waals surface area contributed by atoms with Gasteiger partial charge in [0.1, 0.15) is 18.3 Å². The summed E-state index contributed by atoms with van der Waals surface area (Å²) in [6.07, 6.45) is 2.41. The molecule has 0 saturated heterocycles. The quantitative estimate of drug-likeness (QED) is 0.487. The van der Waals surface area contributed by atoms with Gasteiger partial charge in [-0.25, -0.2) is 9.78 Å². The van der Waals surface area contributed by atoms with E-state index < -0.39 is 24.0 Å². The molecule has 4 rings (SSSR count). The van der Waals surface area contributed by atoms with Gasteiger partial charge in [-0.2, -0.15) is 0 Å². The molecule has 0 radical (unpaired) electrons. The molecule has 1 heterocycles. The van der Waals surface area contributed by atoms with E-state index in [9.17, 15) is 14.4 Å². The van der Waals surface area contributed by atoms with Crippen LogP contribution in [0.2, 0.25) is 0 Å². The topological polar surface area (TPSA) is 123 Å². The van der Waals surface area contributed by atoms with Gasteiger partial charge in [0.05, 0.1) is 6.33 Å². The van der Waals surface area contributed by atoms with Crippen molar-refractivity contribution in [3.05, 3.63) is 77.9 Å². The van der Waals surface area contributed by atoms with Crippen LogP contribution in [-0.2, 0) is 16.1 Å². The molecule has 1 atom stereocenters. The number of benzene rings is 2. The third-order valence-electron chi connectivity index (χ3n) is 5.57. The van der Waals surface area contributed by atoms with E-state index in [1.54, 1.807) is 4.57 Å². The molecule has 0 saturated carbocycles. The smallest absolute Gasteiger partial charge is 0.407 e. The van der Waals surface area contributed by atoms with Crippen LogP contribution >= 0.6 is 0 Å².